The van der Waals surface area contributed by atoms with Crippen LogP contribution in [0.15, 0.2) is 22.7 Å². The monoisotopic (exact) mass is 387 g/mol. The van der Waals surface area contributed by atoms with Gasteiger partial charge in [-0.15, -0.1) is 0 Å². The van der Waals surface area contributed by atoms with Gasteiger partial charge in [-0.05, 0) is 48.9 Å². The fraction of sp³-hybridized carbons (Fsp3) is 0.625. The van der Waals surface area contributed by atoms with Crippen LogP contribution in [0.25, 0.3) is 0 Å². The molecule has 1 unspecified atom stereocenters. The number of rotatable bonds is 4. The van der Waals surface area contributed by atoms with E-state index in [0.29, 0.717) is 0 Å². The lowest BCUT2D eigenvalue weighted by Crippen LogP contribution is -2.25. The Morgan fingerprint density at radius 1 is 1.26 bits per heavy atom. The number of anilines is 1. The largest absolute Gasteiger partial charge is 0.371 e. The molecule has 0 bridgehead atoms. The molecule has 0 radical (unpaired) electrons. The van der Waals surface area contributed by atoms with Gasteiger partial charge in [-0.25, -0.2) is 0 Å². The van der Waals surface area contributed by atoms with Crippen LogP contribution in [0.3, 0.4) is 0 Å². The summed E-state index contributed by atoms with van der Waals surface area (Å²) in [5.41, 5.74) is 2.81. The summed E-state index contributed by atoms with van der Waals surface area (Å²) < 4.78 is 1.17. The molecule has 1 nitrogen and oxygen atoms in total. The maximum Gasteiger partial charge on any atom is 0.0408 e. The second-order valence-corrected chi connectivity index (χ2v) is 6.96. The van der Waals surface area contributed by atoms with E-state index >= 15 is 0 Å². The maximum atomic E-state index is 3.62. The molecule has 0 amide bonds. The zero-order valence-corrected chi connectivity index (χ0v) is 14.8. The second-order valence-electron chi connectivity index (χ2n) is 5.48. The quantitative estimate of drug-likeness (QED) is 0.593. The van der Waals surface area contributed by atoms with Crippen LogP contribution in [-0.2, 0) is 5.33 Å². The van der Waals surface area contributed by atoms with Crippen LogP contribution < -0.4 is 4.90 Å². The highest BCUT2D eigenvalue weighted by Gasteiger charge is 2.18. The molecule has 1 heterocycles. The summed E-state index contributed by atoms with van der Waals surface area (Å²) >= 11 is 7.19. The number of alkyl halides is 1. The molecule has 0 N–H and O–H groups in total. The molecule has 0 spiro atoms. The van der Waals surface area contributed by atoms with Gasteiger partial charge >= 0.3 is 0 Å². The molecule has 19 heavy (non-hydrogen) atoms. The summed E-state index contributed by atoms with van der Waals surface area (Å²) in [6, 6.07) is 6.66. The molecule has 106 valence electrons. The smallest absolute Gasteiger partial charge is 0.0408 e. The van der Waals surface area contributed by atoms with E-state index in [1.807, 2.05) is 0 Å². The molecule has 1 atom stereocenters. The first-order valence-corrected chi connectivity index (χ1v) is 9.25. The van der Waals surface area contributed by atoms with Crippen molar-refractivity contribution in [2.45, 2.75) is 44.4 Å². The van der Waals surface area contributed by atoms with Crippen molar-refractivity contribution in [3.8, 4) is 0 Å². The van der Waals surface area contributed by atoms with Crippen molar-refractivity contribution in [1.82, 2.24) is 0 Å². The summed E-state index contributed by atoms with van der Waals surface area (Å²) in [4.78, 5) is 2.58. The zero-order chi connectivity index (χ0) is 13.7. The third kappa shape index (κ3) is 4.22. The third-order valence-electron chi connectivity index (χ3n) is 4.07. The van der Waals surface area contributed by atoms with E-state index in [0.717, 1.165) is 11.2 Å². The summed E-state index contributed by atoms with van der Waals surface area (Å²) in [5.74, 6) is 0.942. The van der Waals surface area contributed by atoms with Gasteiger partial charge in [0.05, 0.1) is 0 Å². The standard InChI is InChI=1S/C16H23Br2N/c1-2-4-13-5-3-9-19(10-8-13)16-7-6-15(18)11-14(16)12-17/h6-7,11,13H,2-5,8-10,12H2,1H3. The van der Waals surface area contributed by atoms with E-state index in [1.54, 1.807) is 0 Å². The predicted molar refractivity (Wildman–Crippen MR) is 91.2 cm³/mol. The Morgan fingerprint density at radius 2 is 2.11 bits per heavy atom. The SMILES string of the molecule is CCCC1CCCN(c2ccc(Br)cc2CBr)CC1. The van der Waals surface area contributed by atoms with Gasteiger partial charge < -0.3 is 4.90 Å². The Labute approximate surface area is 134 Å². The Morgan fingerprint density at radius 3 is 2.84 bits per heavy atom. The second kappa shape index (κ2) is 7.68. The number of benzene rings is 1. The highest BCUT2D eigenvalue weighted by atomic mass is 79.9. The molecule has 1 saturated heterocycles. The van der Waals surface area contributed by atoms with Crippen LogP contribution in [-0.4, -0.2) is 13.1 Å². The van der Waals surface area contributed by atoms with Gasteiger partial charge in [-0.1, -0.05) is 51.6 Å². The van der Waals surface area contributed by atoms with Gasteiger partial charge in [0.2, 0.25) is 0 Å². The molecule has 1 fully saturated rings. The van der Waals surface area contributed by atoms with Crippen molar-refractivity contribution in [3.63, 3.8) is 0 Å². The lowest BCUT2D eigenvalue weighted by molar-refractivity contribution is 0.435. The molecule has 1 aliphatic heterocycles. The van der Waals surface area contributed by atoms with Crippen molar-refractivity contribution in [3.05, 3.63) is 28.2 Å². The minimum absolute atomic E-state index is 0.927. The average Bonchev–Trinajstić information content (AvgIpc) is 2.65. The van der Waals surface area contributed by atoms with Gasteiger partial charge in [-0.3, -0.25) is 0 Å². The lowest BCUT2D eigenvalue weighted by atomic mass is 9.96. The first kappa shape index (κ1) is 15.4. The number of hydrogen-bond acceptors (Lipinski definition) is 1. The molecule has 0 aliphatic carbocycles. The normalized spacial score (nSPS) is 20.4. The minimum atomic E-state index is 0.927. The molecule has 0 saturated carbocycles. The van der Waals surface area contributed by atoms with Crippen LogP contribution >= 0.6 is 31.9 Å². The highest BCUT2D eigenvalue weighted by molar-refractivity contribution is 9.10. The number of nitrogens with zero attached hydrogens (tertiary/aromatic N) is 1. The predicted octanol–water partition coefficient (Wildman–Crippen LogP) is 5.75. The molecule has 1 aromatic carbocycles. The minimum Gasteiger partial charge on any atom is -0.371 e. The van der Waals surface area contributed by atoms with E-state index < -0.39 is 0 Å². The van der Waals surface area contributed by atoms with Gasteiger partial charge in [0.1, 0.15) is 0 Å². The van der Waals surface area contributed by atoms with Gasteiger partial charge in [0.15, 0.2) is 0 Å². The molecule has 1 aromatic rings. The Bertz CT molecular complexity index is 406. The molecular weight excluding hydrogens is 366 g/mol. The molecule has 3 heteroatoms. The summed E-state index contributed by atoms with van der Waals surface area (Å²) in [5, 5.41) is 0.927. The molecular formula is C16H23Br2N. The van der Waals surface area contributed by atoms with Gasteiger partial charge in [0.25, 0.3) is 0 Å². The Hall–Kier alpha value is -0.0200. The zero-order valence-electron chi connectivity index (χ0n) is 11.7. The Balaban J connectivity index is 2.09. The van der Waals surface area contributed by atoms with Gasteiger partial charge in [0, 0.05) is 28.6 Å². The van der Waals surface area contributed by atoms with Crippen molar-refractivity contribution < 1.29 is 0 Å². The first-order valence-electron chi connectivity index (χ1n) is 7.34. The van der Waals surface area contributed by atoms with Gasteiger partial charge in [-0.2, -0.15) is 0 Å². The third-order valence-corrected chi connectivity index (χ3v) is 5.17. The summed E-state index contributed by atoms with van der Waals surface area (Å²) in [7, 11) is 0. The lowest BCUT2D eigenvalue weighted by Gasteiger charge is -2.25. The van der Waals surface area contributed by atoms with E-state index in [2.05, 4.69) is 61.9 Å². The number of hydrogen-bond donors (Lipinski definition) is 0. The van der Waals surface area contributed by atoms with Crippen LogP contribution in [0.1, 0.15) is 44.6 Å². The summed E-state index contributed by atoms with van der Waals surface area (Å²) in [6.45, 7) is 4.73. The molecule has 2 rings (SSSR count). The molecule has 1 aliphatic rings. The van der Waals surface area contributed by atoms with Crippen LogP contribution in [0.2, 0.25) is 0 Å². The fourth-order valence-electron chi connectivity index (χ4n) is 3.07. The van der Waals surface area contributed by atoms with E-state index in [9.17, 15) is 0 Å². The fourth-order valence-corrected chi connectivity index (χ4v) is 3.93. The van der Waals surface area contributed by atoms with Crippen LogP contribution in [0.5, 0.6) is 0 Å². The van der Waals surface area contributed by atoms with Crippen LogP contribution in [0.4, 0.5) is 5.69 Å². The molecule has 0 aromatic heterocycles. The maximum absolute atomic E-state index is 3.62. The number of halogens is 2. The average molecular weight is 389 g/mol. The van der Waals surface area contributed by atoms with E-state index in [4.69, 9.17) is 0 Å². The highest BCUT2D eigenvalue weighted by Crippen LogP contribution is 2.30. The van der Waals surface area contributed by atoms with Crippen molar-refractivity contribution in [1.29, 1.82) is 0 Å². The van der Waals surface area contributed by atoms with E-state index in [-0.39, 0.29) is 0 Å². The Kier molecular flexibility index (Phi) is 6.21. The van der Waals surface area contributed by atoms with Crippen LogP contribution in [0, 0.1) is 5.92 Å². The van der Waals surface area contributed by atoms with Crippen molar-refractivity contribution in [2.24, 2.45) is 5.92 Å². The van der Waals surface area contributed by atoms with Crippen molar-refractivity contribution in [2.75, 3.05) is 18.0 Å². The summed E-state index contributed by atoms with van der Waals surface area (Å²) in [6.07, 6.45) is 6.83. The van der Waals surface area contributed by atoms with Crippen molar-refractivity contribution >= 4 is 37.5 Å². The first-order chi connectivity index (χ1) is 9.24. The van der Waals surface area contributed by atoms with E-state index in [1.165, 1.54) is 60.9 Å². The topological polar surface area (TPSA) is 3.24 Å².